The summed E-state index contributed by atoms with van der Waals surface area (Å²) in [5.74, 6) is 0.0319. The predicted molar refractivity (Wildman–Crippen MR) is 125 cm³/mol. The molecule has 0 spiro atoms. The number of fused-ring (bicyclic) bond motifs is 1. The van der Waals surface area contributed by atoms with E-state index in [4.69, 9.17) is 32.4 Å². The maximum Gasteiger partial charge on any atom is 0.338 e. The largest absolute Gasteiger partial charge is 0.457 e. The molecule has 1 fully saturated rings. The fourth-order valence-electron chi connectivity index (χ4n) is 3.95. The monoisotopic (exact) mass is 466 g/mol. The lowest BCUT2D eigenvalue weighted by Gasteiger charge is -2.16. The van der Waals surface area contributed by atoms with Gasteiger partial charge in [0.05, 0.1) is 5.56 Å². The zero-order valence-corrected chi connectivity index (χ0v) is 18.6. The molecule has 7 heteroatoms. The van der Waals surface area contributed by atoms with Crippen molar-refractivity contribution < 1.29 is 13.9 Å². The van der Waals surface area contributed by atoms with E-state index in [1.807, 2.05) is 18.2 Å². The molecule has 1 aromatic heterocycles. The number of hydrogen-bond acceptors (Lipinski definition) is 5. The van der Waals surface area contributed by atoms with Crippen LogP contribution in [0.5, 0.6) is 0 Å². The standard InChI is InChI=1S/C25H20Cl2N2O3/c26-19-10-18(11-20(27)13-19)24-28-22-7-6-17(12-23(22)32-24)25(30)31-21-8-9-29(15-21)14-16-4-2-1-3-5-16/h1-7,10-13,21H,8-9,14-15H2. The Kier molecular flexibility index (Phi) is 5.87. The number of likely N-dealkylation sites (tertiary alicyclic amines) is 1. The Morgan fingerprint density at radius 2 is 1.84 bits per heavy atom. The first-order valence-corrected chi connectivity index (χ1v) is 11.1. The van der Waals surface area contributed by atoms with Gasteiger partial charge in [0.1, 0.15) is 11.6 Å². The molecule has 162 valence electrons. The number of carbonyl (C=O) groups excluding carboxylic acids is 1. The van der Waals surface area contributed by atoms with Crippen molar-refractivity contribution >= 4 is 40.3 Å². The van der Waals surface area contributed by atoms with Crippen LogP contribution in [0.15, 0.2) is 71.1 Å². The van der Waals surface area contributed by atoms with Gasteiger partial charge in [0.15, 0.2) is 5.58 Å². The highest BCUT2D eigenvalue weighted by Gasteiger charge is 2.26. The topological polar surface area (TPSA) is 55.6 Å². The minimum Gasteiger partial charge on any atom is -0.457 e. The highest BCUT2D eigenvalue weighted by Crippen LogP contribution is 2.30. The molecule has 1 unspecified atom stereocenters. The number of ether oxygens (including phenoxy) is 1. The maximum absolute atomic E-state index is 12.7. The number of carbonyl (C=O) groups is 1. The number of hydrogen-bond donors (Lipinski definition) is 0. The molecule has 2 heterocycles. The molecule has 0 saturated carbocycles. The smallest absolute Gasteiger partial charge is 0.338 e. The summed E-state index contributed by atoms with van der Waals surface area (Å²) in [4.78, 5) is 19.5. The summed E-state index contributed by atoms with van der Waals surface area (Å²) in [6, 6.07) is 20.5. The normalized spacial score (nSPS) is 16.5. The first-order chi connectivity index (χ1) is 15.5. The van der Waals surface area contributed by atoms with Crippen molar-refractivity contribution in [3.05, 3.63) is 87.9 Å². The zero-order chi connectivity index (χ0) is 22.1. The molecule has 1 aliphatic heterocycles. The van der Waals surface area contributed by atoms with Crippen LogP contribution in [0.4, 0.5) is 0 Å². The molecule has 32 heavy (non-hydrogen) atoms. The van der Waals surface area contributed by atoms with Gasteiger partial charge in [-0.05, 0) is 48.4 Å². The van der Waals surface area contributed by atoms with Crippen molar-refractivity contribution in [3.8, 4) is 11.5 Å². The number of nitrogens with zero attached hydrogens (tertiary/aromatic N) is 2. The van der Waals surface area contributed by atoms with E-state index >= 15 is 0 Å². The molecule has 3 aromatic carbocycles. The van der Waals surface area contributed by atoms with E-state index in [-0.39, 0.29) is 12.1 Å². The fourth-order valence-corrected chi connectivity index (χ4v) is 4.48. The molecular formula is C25H20Cl2N2O3. The van der Waals surface area contributed by atoms with E-state index in [2.05, 4.69) is 22.0 Å². The minimum atomic E-state index is -0.359. The van der Waals surface area contributed by atoms with Crippen molar-refractivity contribution in [2.45, 2.75) is 19.1 Å². The highest BCUT2D eigenvalue weighted by molar-refractivity contribution is 6.35. The summed E-state index contributed by atoms with van der Waals surface area (Å²) in [5, 5.41) is 0.994. The Morgan fingerprint density at radius 1 is 1.06 bits per heavy atom. The lowest BCUT2D eigenvalue weighted by molar-refractivity contribution is 0.0320. The van der Waals surface area contributed by atoms with E-state index in [1.54, 1.807) is 36.4 Å². The third kappa shape index (κ3) is 4.65. The van der Waals surface area contributed by atoms with Crippen LogP contribution in [-0.4, -0.2) is 35.0 Å². The van der Waals surface area contributed by atoms with Gasteiger partial charge in [-0.25, -0.2) is 9.78 Å². The Labute approximate surface area is 195 Å². The molecule has 0 aliphatic carbocycles. The number of rotatable bonds is 5. The SMILES string of the molecule is O=C(OC1CCN(Cc2ccccc2)C1)c1ccc2nc(-c3cc(Cl)cc(Cl)c3)oc2c1. The number of halogens is 2. The lowest BCUT2D eigenvalue weighted by atomic mass is 10.2. The van der Waals surface area contributed by atoms with Gasteiger partial charge < -0.3 is 9.15 Å². The number of oxazole rings is 1. The van der Waals surface area contributed by atoms with Crippen molar-refractivity contribution in [2.24, 2.45) is 0 Å². The van der Waals surface area contributed by atoms with Gasteiger partial charge in [-0.15, -0.1) is 0 Å². The first kappa shape index (κ1) is 21.0. The van der Waals surface area contributed by atoms with Gasteiger partial charge in [0, 0.05) is 35.2 Å². The molecule has 0 amide bonds. The molecule has 1 atom stereocenters. The van der Waals surface area contributed by atoms with Crippen LogP contribution in [0.2, 0.25) is 10.0 Å². The van der Waals surface area contributed by atoms with E-state index in [9.17, 15) is 4.79 Å². The van der Waals surface area contributed by atoms with Crippen LogP contribution in [0.3, 0.4) is 0 Å². The Bertz CT molecular complexity index is 1250. The van der Waals surface area contributed by atoms with Gasteiger partial charge in [-0.1, -0.05) is 53.5 Å². The van der Waals surface area contributed by atoms with Gasteiger partial charge >= 0.3 is 5.97 Å². The second-order valence-corrected chi connectivity index (χ2v) is 8.77. The van der Waals surface area contributed by atoms with Gasteiger partial charge in [-0.2, -0.15) is 0 Å². The van der Waals surface area contributed by atoms with Crippen LogP contribution in [0, 0.1) is 0 Å². The summed E-state index contributed by atoms with van der Waals surface area (Å²) < 4.78 is 11.6. The van der Waals surface area contributed by atoms with E-state index in [0.29, 0.717) is 38.2 Å². The van der Waals surface area contributed by atoms with Gasteiger partial charge in [0.25, 0.3) is 0 Å². The number of aromatic nitrogens is 1. The summed E-state index contributed by atoms with van der Waals surface area (Å²) in [6.07, 6.45) is 0.698. The summed E-state index contributed by atoms with van der Waals surface area (Å²) in [6.45, 7) is 2.49. The zero-order valence-electron chi connectivity index (χ0n) is 17.1. The third-order valence-corrected chi connectivity index (χ3v) is 5.92. The van der Waals surface area contributed by atoms with Crippen molar-refractivity contribution in [3.63, 3.8) is 0 Å². The van der Waals surface area contributed by atoms with Crippen LogP contribution in [-0.2, 0) is 11.3 Å². The van der Waals surface area contributed by atoms with Crippen molar-refractivity contribution in [1.82, 2.24) is 9.88 Å². The molecule has 0 bridgehead atoms. The molecule has 4 aromatic rings. The maximum atomic E-state index is 12.7. The molecule has 0 radical (unpaired) electrons. The molecule has 1 saturated heterocycles. The molecule has 5 rings (SSSR count). The Balaban J connectivity index is 1.27. The third-order valence-electron chi connectivity index (χ3n) is 5.49. The molecule has 0 N–H and O–H groups in total. The molecular weight excluding hydrogens is 447 g/mol. The Morgan fingerprint density at radius 3 is 2.62 bits per heavy atom. The van der Waals surface area contributed by atoms with Crippen molar-refractivity contribution in [2.75, 3.05) is 13.1 Å². The molecule has 1 aliphatic rings. The van der Waals surface area contributed by atoms with Crippen molar-refractivity contribution in [1.29, 1.82) is 0 Å². The average Bonchev–Trinajstić information content (AvgIpc) is 3.40. The second kappa shape index (κ2) is 8.94. The minimum absolute atomic E-state index is 0.124. The van der Waals surface area contributed by atoms with Crippen LogP contribution in [0.25, 0.3) is 22.6 Å². The molecule has 5 nitrogen and oxygen atoms in total. The number of esters is 1. The van der Waals surface area contributed by atoms with Crippen LogP contribution < -0.4 is 0 Å². The van der Waals surface area contributed by atoms with Crippen LogP contribution in [0.1, 0.15) is 22.3 Å². The van der Waals surface area contributed by atoms with Gasteiger partial charge in [0.2, 0.25) is 5.89 Å². The second-order valence-electron chi connectivity index (χ2n) is 7.90. The lowest BCUT2D eigenvalue weighted by Crippen LogP contribution is -2.24. The summed E-state index contributed by atoms with van der Waals surface area (Å²) in [5.41, 5.74) is 3.51. The quantitative estimate of drug-likeness (QED) is 0.326. The van der Waals surface area contributed by atoms with E-state index in [0.717, 1.165) is 26.1 Å². The average molecular weight is 467 g/mol. The van der Waals surface area contributed by atoms with Crippen LogP contribution >= 0.6 is 23.2 Å². The summed E-state index contributed by atoms with van der Waals surface area (Å²) in [7, 11) is 0. The fraction of sp³-hybridized carbons (Fsp3) is 0.200. The summed E-state index contributed by atoms with van der Waals surface area (Å²) >= 11 is 12.2. The van der Waals surface area contributed by atoms with E-state index in [1.165, 1.54) is 5.56 Å². The predicted octanol–water partition coefficient (Wildman–Crippen LogP) is 6.23. The highest BCUT2D eigenvalue weighted by atomic mass is 35.5. The first-order valence-electron chi connectivity index (χ1n) is 10.4. The van der Waals surface area contributed by atoms with E-state index < -0.39 is 0 Å². The Hall–Kier alpha value is -2.86. The van der Waals surface area contributed by atoms with Gasteiger partial charge in [-0.3, -0.25) is 4.90 Å². The number of benzene rings is 3.